The summed E-state index contributed by atoms with van der Waals surface area (Å²) in [6.45, 7) is 1.68. The van der Waals surface area contributed by atoms with Gasteiger partial charge in [0.2, 0.25) is 0 Å². The van der Waals surface area contributed by atoms with Crippen molar-refractivity contribution >= 4 is 88.0 Å². The van der Waals surface area contributed by atoms with Crippen LogP contribution >= 0.6 is 70.4 Å². The summed E-state index contributed by atoms with van der Waals surface area (Å²) in [5.74, 6) is 1.05. The molecule has 0 radical (unpaired) electrons. The zero-order valence-electron chi connectivity index (χ0n) is 14.8. The monoisotopic (exact) mass is 502 g/mol. The third-order valence-electron chi connectivity index (χ3n) is 3.83. The van der Waals surface area contributed by atoms with E-state index in [1.165, 1.54) is 12.1 Å². The molecule has 0 aliphatic heterocycles. The van der Waals surface area contributed by atoms with Crippen LogP contribution in [0.5, 0.6) is 5.75 Å². The molecule has 0 fully saturated rings. The predicted molar refractivity (Wildman–Crippen MR) is 127 cm³/mol. The zero-order chi connectivity index (χ0) is 19.8. The summed E-state index contributed by atoms with van der Waals surface area (Å²) in [7, 11) is 0. The summed E-state index contributed by atoms with van der Waals surface area (Å²) in [5.41, 5.74) is 2.30. The highest BCUT2D eigenvalue weighted by Gasteiger charge is 2.09. The minimum absolute atomic E-state index is 0. The van der Waals surface area contributed by atoms with Crippen molar-refractivity contribution in [1.82, 2.24) is 0 Å². The van der Waals surface area contributed by atoms with Crippen LogP contribution in [-0.4, -0.2) is 36.2 Å². The van der Waals surface area contributed by atoms with E-state index < -0.39 is 0 Å². The fraction of sp³-hybridized carbons (Fsp3) is 0.316. The maximum absolute atomic E-state index is 9.61. The first kappa shape index (κ1) is 25.5. The molecule has 154 valence electrons. The molecule has 0 aromatic heterocycles. The van der Waals surface area contributed by atoms with Crippen molar-refractivity contribution in [3.8, 4) is 5.75 Å². The third-order valence-corrected chi connectivity index (χ3v) is 5.26. The van der Waals surface area contributed by atoms with Gasteiger partial charge < -0.3 is 10.0 Å². The maximum Gasteiger partial charge on any atom is 0.152 e. The molecule has 0 atom stereocenters. The predicted octanol–water partition coefficient (Wildman–Crippen LogP) is 7.59. The van der Waals surface area contributed by atoms with Crippen molar-refractivity contribution in [2.75, 3.05) is 29.7 Å². The van der Waals surface area contributed by atoms with Gasteiger partial charge in [-0.2, -0.15) is 0 Å². The van der Waals surface area contributed by atoms with Gasteiger partial charge in [-0.1, -0.05) is 34.8 Å². The highest BCUT2D eigenvalue weighted by atomic mass is 35.5. The summed E-state index contributed by atoms with van der Waals surface area (Å²) in [4.78, 5) is 6.56. The van der Waals surface area contributed by atoms with E-state index in [0.29, 0.717) is 22.5 Å². The summed E-state index contributed by atoms with van der Waals surface area (Å²) in [5, 5.41) is 10.5. The Balaban J connectivity index is 0.00000392. The van der Waals surface area contributed by atoms with Crippen LogP contribution in [0.15, 0.2) is 35.3 Å². The lowest BCUT2D eigenvalue weighted by atomic mass is 10.2. The lowest BCUT2D eigenvalue weighted by molar-refractivity contribution is 0.476. The molecule has 0 saturated heterocycles. The molecule has 9 heteroatoms. The number of hydrogen-bond acceptors (Lipinski definition) is 3. The summed E-state index contributed by atoms with van der Waals surface area (Å²) < 4.78 is 0. The molecule has 2 aromatic carbocycles. The Hall–Kier alpha value is -0.550. The van der Waals surface area contributed by atoms with Crippen LogP contribution in [0.4, 0.5) is 11.4 Å². The van der Waals surface area contributed by atoms with Crippen LogP contribution in [0, 0.1) is 0 Å². The molecule has 0 heterocycles. The van der Waals surface area contributed by atoms with Gasteiger partial charge in [-0.05, 0) is 43.2 Å². The second-order valence-corrected chi connectivity index (χ2v) is 7.77. The first-order valence-corrected chi connectivity index (χ1v) is 10.5. The first-order valence-electron chi connectivity index (χ1n) is 8.34. The molecule has 0 aliphatic rings. The number of aromatic hydroxyl groups is 1. The first-order chi connectivity index (χ1) is 13.0. The van der Waals surface area contributed by atoms with Gasteiger partial charge in [0.05, 0.1) is 20.8 Å². The zero-order valence-corrected chi connectivity index (χ0v) is 19.4. The minimum atomic E-state index is -0.159. The molecule has 28 heavy (non-hydrogen) atoms. The second-order valence-electron chi connectivity index (χ2n) is 5.79. The van der Waals surface area contributed by atoms with Crippen molar-refractivity contribution in [2.24, 2.45) is 4.99 Å². The van der Waals surface area contributed by atoms with Crippen molar-refractivity contribution in [3.63, 3.8) is 0 Å². The highest BCUT2D eigenvalue weighted by Crippen LogP contribution is 2.35. The van der Waals surface area contributed by atoms with Crippen LogP contribution in [0.25, 0.3) is 0 Å². The van der Waals surface area contributed by atoms with E-state index in [9.17, 15) is 5.11 Å². The largest absolute Gasteiger partial charge is 0.505 e. The van der Waals surface area contributed by atoms with Crippen molar-refractivity contribution in [2.45, 2.75) is 12.8 Å². The van der Waals surface area contributed by atoms with Crippen LogP contribution in [-0.2, 0) is 0 Å². The van der Waals surface area contributed by atoms with Gasteiger partial charge >= 0.3 is 0 Å². The van der Waals surface area contributed by atoms with E-state index in [1.54, 1.807) is 6.21 Å². The average Bonchev–Trinajstić information content (AvgIpc) is 2.65. The maximum atomic E-state index is 9.61. The number of benzene rings is 2. The molecule has 0 spiro atoms. The van der Waals surface area contributed by atoms with Crippen LogP contribution < -0.4 is 4.90 Å². The van der Waals surface area contributed by atoms with Crippen molar-refractivity contribution < 1.29 is 5.11 Å². The second kappa shape index (κ2) is 12.9. The number of phenols is 1. The molecule has 0 bridgehead atoms. The van der Waals surface area contributed by atoms with Gasteiger partial charge in [0.1, 0.15) is 0 Å². The Morgan fingerprint density at radius 1 is 0.893 bits per heavy atom. The van der Waals surface area contributed by atoms with Gasteiger partial charge in [-0.3, -0.25) is 4.99 Å². The van der Waals surface area contributed by atoms with Crippen LogP contribution in [0.2, 0.25) is 15.1 Å². The van der Waals surface area contributed by atoms with Crippen molar-refractivity contribution in [1.29, 1.82) is 0 Å². The number of halogens is 6. The number of rotatable bonds is 9. The number of hydrogen-bond donors (Lipinski definition) is 1. The molecule has 1 N–H and O–H groups in total. The quantitative estimate of drug-likeness (QED) is 0.282. The normalized spacial score (nSPS) is 10.9. The molecule has 2 aromatic rings. The van der Waals surface area contributed by atoms with Crippen molar-refractivity contribution in [3.05, 3.63) is 51.0 Å². The third kappa shape index (κ3) is 7.37. The lowest BCUT2D eigenvalue weighted by Crippen LogP contribution is -2.26. The molecule has 0 aliphatic carbocycles. The molecule has 3 nitrogen and oxygen atoms in total. The van der Waals surface area contributed by atoms with E-state index in [1.807, 2.05) is 18.2 Å². The number of nitrogens with zero attached hydrogens (tertiary/aromatic N) is 2. The Bertz CT molecular complexity index is 769. The fourth-order valence-corrected chi connectivity index (χ4v) is 3.40. The Labute approximate surface area is 196 Å². The average molecular weight is 505 g/mol. The van der Waals surface area contributed by atoms with Gasteiger partial charge in [0.15, 0.2) is 5.75 Å². The number of phenolic OH excluding ortho intramolecular Hbond substituents is 1. The Morgan fingerprint density at radius 3 is 1.96 bits per heavy atom. The SMILES string of the molecule is Cl.Oc1c(Cl)cc(N=Cc2ccc(N(CCCCl)CCCCl)cc2Cl)cc1Cl. The minimum Gasteiger partial charge on any atom is -0.505 e. The van der Waals surface area contributed by atoms with Gasteiger partial charge in [0.25, 0.3) is 0 Å². The van der Waals surface area contributed by atoms with E-state index in [2.05, 4.69) is 9.89 Å². The molecule has 0 unspecified atom stereocenters. The Kier molecular flexibility index (Phi) is 11.7. The van der Waals surface area contributed by atoms with E-state index in [-0.39, 0.29) is 28.2 Å². The molecule has 0 saturated carbocycles. The van der Waals surface area contributed by atoms with Gasteiger partial charge in [-0.15, -0.1) is 35.6 Å². The number of alkyl halides is 2. The standard InChI is InChI=1S/C19H19Cl5N2O.ClH/c20-5-1-7-26(8-2-6-21)15-4-3-13(16(22)11-15)12-25-14-9-17(23)19(27)18(24)10-14;/h3-4,9-12,27H,1-2,5-8H2;1H. The van der Waals surface area contributed by atoms with Gasteiger partial charge in [-0.25, -0.2) is 0 Å². The number of anilines is 1. The molecular weight excluding hydrogens is 485 g/mol. The van der Waals surface area contributed by atoms with E-state index in [0.717, 1.165) is 37.2 Å². The fourth-order valence-electron chi connectivity index (χ4n) is 2.46. The number of aliphatic imine (C=N–C) groups is 1. The van der Waals surface area contributed by atoms with E-state index in [4.69, 9.17) is 58.0 Å². The van der Waals surface area contributed by atoms with Crippen LogP contribution in [0.3, 0.4) is 0 Å². The van der Waals surface area contributed by atoms with Gasteiger partial charge in [0, 0.05) is 42.3 Å². The van der Waals surface area contributed by atoms with E-state index >= 15 is 0 Å². The summed E-state index contributed by atoms with van der Waals surface area (Å²) >= 11 is 29.9. The lowest BCUT2D eigenvalue weighted by Gasteiger charge is -2.24. The highest BCUT2D eigenvalue weighted by molar-refractivity contribution is 6.37. The van der Waals surface area contributed by atoms with Crippen LogP contribution in [0.1, 0.15) is 18.4 Å². The Morgan fingerprint density at radius 2 is 1.46 bits per heavy atom. The topological polar surface area (TPSA) is 35.8 Å². The molecule has 2 rings (SSSR count). The summed E-state index contributed by atoms with van der Waals surface area (Å²) in [6.07, 6.45) is 3.40. The molecule has 0 amide bonds. The summed E-state index contributed by atoms with van der Waals surface area (Å²) in [6, 6.07) is 8.86. The smallest absolute Gasteiger partial charge is 0.152 e. The molecular formula is C19H20Cl6N2O.